The van der Waals surface area contributed by atoms with Gasteiger partial charge in [-0.2, -0.15) is 0 Å². The van der Waals surface area contributed by atoms with Crippen LogP contribution < -0.4 is 0 Å². The second-order valence-corrected chi connectivity index (χ2v) is 6.09. The van der Waals surface area contributed by atoms with Crippen LogP contribution in [-0.2, 0) is 0 Å². The van der Waals surface area contributed by atoms with Crippen LogP contribution in [-0.4, -0.2) is 38.8 Å². The Labute approximate surface area is 140 Å². The number of nitrogens with zero attached hydrogens (tertiary/aromatic N) is 3. The fraction of sp³-hybridized carbons (Fsp3) is 0.211. The molecule has 0 aliphatic carbocycles. The second-order valence-electron chi connectivity index (χ2n) is 6.09. The fourth-order valence-corrected chi connectivity index (χ4v) is 3.00. The summed E-state index contributed by atoms with van der Waals surface area (Å²) in [6.45, 7) is 3.29. The van der Waals surface area contributed by atoms with Crippen LogP contribution >= 0.6 is 0 Å². The Morgan fingerprint density at radius 3 is 2.58 bits per heavy atom. The average Bonchev–Trinajstić information content (AvgIpc) is 2.97. The maximum atomic E-state index is 12.7. The lowest BCUT2D eigenvalue weighted by atomic mass is 9.95. The molecular formula is C19H18N4O. The van der Waals surface area contributed by atoms with Crippen molar-refractivity contribution in [1.82, 2.24) is 19.9 Å². The molecule has 1 saturated heterocycles. The van der Waals surface area contributed by atoms with Gasteiger partial charge in [0.15, 0.2) is 0 Å². The van der Waals surface area contributed by atoms with Gasteiger partial charge in [0.1, 0.15) is 11.5 Å². The number of benzene rings is 1. The van der Waals surface area contributed by atoms with Crippen LogP contribution in [0.5, 0.6) is 0 Å². The predicted molar refractivity (Wildman–Crippen MR) is 91.6 cm³/mol. The number of aromatic amines is 1. The molecule has 0 atom stereocenters. The Morgan fingerprint density at radius 1 is 1.12 bits per heavy atom. The number of carbonyl (C=O) groups is 1. The monoisotopic (exact) mass is 318 g/mol. The molecule has 2 aromatic heterocycles. The van der Waals surface area contributed by atoms with Gasteiger partial charge in [-0.1, -0.05) is 36.4 Å². The van der Waals surface area contributed by atoms with Crippen molar-refractivity contribution < 1.29 is 4.79 Å². The Bertz CT molecular complexity index is 852. The van der Waals surface area contributed by atoms with Crippen LogP contribution in [0.3, 0.4) is 0 Å². The molecule has 1 N–H and O–H groups in total. The minimum atomic E-state index is -0.0156. The van der Waals surface area contributed by atoms with E-state index in [-0.39, 0.29) is 5.91 Å². The topological polar surface area (TPSA) is 61.9 Å². The van der Waals surface area contributed by atoms with Crippen LogP contribution in [0.4, 0.5) is 0 Å². The van der Waals surface area contributed by atoms with Gasteiger partial charge in [-0.15, -0.1) is 0 Å². The van der Waals surface area contributed by atoms with Gasteiger partial charge >= 0.3 is 0 Å². The van der Waals surface area contributed by atoms with Crippen molar-refractivity contribution in [2.75, 3.05) is 13.1 Å². The standard InChI is InChI=1S/C19H18N4O/c1-13-17(22-18(21-13)14-7-3-2-4-8-14)19(24)23-11-15(12-23)16-9-5-6-10-20-16/h2-10,15H,11-12H2,1H3,(H,21,22). The fourth-order valence-electron chi connectivity index (χ4n) is 3.00. The normalized spacial score (nSPS) is 14.5. The number of likely N-dealkylation sites (tertiary alicyclic amines) is 1. The maximum Gasteiger partial charge on any atom is 0.274 e. The molecule has 3 aromatic rings. The summed E-state index contributed by atoms with van der Waals surface area (Å²) < 4.78 is 0. The zero-order valence-corrected chi connectivity index (χ0v) is 13.4. The second kappa shape index (κ2) is 5.92. The Kier molecular flexibility index (Phi) is 3.61. The van der Waals surface area contributed by atoms with Crippen molar-refractivity contribution in [3.63, 3.8) is 0 Å². The number of nitrogens with one attached hydrogen (secondary N) is 1. The predicted octanol–water partition coefficient (Wildman–Crippen LogP) is 3.02. The first-order chi connectivity index (χ1) is 11.7. The van der Waals surface area contributed by atoms with Gasteiger partial charge in [0.25, 0.3) is 5.91 Å². The molecule has 24 heavy (non-hydrogen) atoms. The molecule has 120 valence electrons. The maximum absolute atomic E-state index is 12.7. The van der Waals surface area contributed by atoms with Crippen LogP contribution in [0.2, 0.25) is 0 Å². The van der Waals surface area contributed by atoms with E-state index in [9.17, 15) is 4.79 Å². The lowest BCUT2D eigenvalue weighted by Crippen LogP contribution is -2.49. The number of aryl methyl sites for hydroxylation is 1. The number of aromatic nitrogens is 3. The first-order valence-electron chi connectivity index (χ1n) is 8.04. The van der Waals surface area contributed by atoms with Crippen molar-refractivity contribution >= 4 is 5.91 Å². The first-order valence-corrected chi connectivity index (χ1v) is 8.04. The molecule has 1 aliphatic rings. The van der Waals surface area contributed by atoms with Gasteiger partial charge in [-0.05, 0) is 19.1 Å². The molecule has 3 heterocycles. The van der Waals surface area contributed by atoms with Crippen molar-refractivity contribution in [3.05, 3.63) is 71.8 Å². The lowest BCUT2D eigenvalue weighted by molar-refractivity contribution is 0.0592. The third-order valence-corrected chi connectivity index (χ3v) is 4.41. The summed E-state index contributed by atoms with van der Waals surface area (Å²) in [7, 11) is 0. The SMILES string of the molecule is Cc1[nH]c(-c2ccccc2)nc1C(=O)N1CC(c2ccccn2)C1. The van der Waals surface area contributed by atoms with E-state index in [2.05, 4.69) is 15.0 Å². The molecule has 0 saturated carbocycles. The van der Waals surface area contributed by atoms with E-state index in [0.717, 1.165) is 22.8 Å². The van der Waals surface area contributed by atoms with Crippen LogP contribution in [0.25, 0.3) is 11.4 Å². The van der Waals surface area contributed by atoms with Gasteiger partial charge in [0.2, 0.25) is 0 Å². The van der Waals surface area contributed by atoms with Crippen LogP contribution in [0, 0.1) is 6.92 Å². The minimum absolute atomic E-state index is 0.0156. The molecule has 1 fully saturated rings. The van der Waals surface area contributed by atoms with Crippen LogP contribution in [0.15, 0.2) is 54.7 Å². The van der Waals surface area contributed by atoms with E-state index in [4.69, 9.17) is 0 Å². The molecule has 0 radical (unpaired) electrons. The van der Waals surface area contributed by atoms with Crippen molar-refractivity contribution in [3.8, 4) is 11.4 Å². The number of imidazole rings is 1. The molecule has 1 aliphatic heterocycles. The molecule has 5 heteroatoms. The van der Waals surface area contributed by atoms with E-state index >= 15 is 0 Å². The van der Waals surface area contributed by atoms with Gasteiger partial charge in [-0.25, -0.2) is 4.98 Å². The zero-order valence-electron chi connectivity index (χ0n) is 13.4. The molecule has 4 rings (SSSR count). The van der Waals surface area contributed by atoms with E-state index in [1.165, 1.54) is 0 Å². The number of rotatable bonds is 3. The van der Waals surface area contributed by atoms with E-state index in [1.807, 2.05) is 60.4 Å². The van der Waals surface area contributed by atoms with E-state index in [0.29, 0.717) is 24.7 Å². The molecular weight excluding hydrogens is 300 g/mol. The quantitative estimate of drug-likeness (QED) is 0.807. The number of hydrogen-bond donors (Lipinski definition) is 1. The first kappa shape index (κ1) is 14.6. The van der Waals surface area contributed by atoms with E-state index < -0.39 is 0 Å². The van der Waals surface area contributed by atoms with Crippen LogP contribution in [0.1, 0.15) is 27.8 Å². The Hall–Kier alpha value is -2.95. The van der Waals surface area contributed by atoms with E-state index in [1.54, 1.807) is 6.20 Å². The molecule has 0 unspecified atom stereocenters. The Balaban J connectivity index is 1.49. The molecule has 1 aromatic carbocycles. The third-order valence-electron chi connectivity index (χ3n) is 4.41. The average molecular weight is 318 g/mol. The van der Waals surface area contributed by atoms with Gasteiger partial charge in [0.05, 0.1) is 0 Å². The summed E-state index contributed by atoms with van der Waals surface area (Å²) in [5, 5.41) is 0. The number of amides is 1. The largest absolute Gasteiger partial charge is 0.341 e. The number of hydrogen-bond acceptors (Lipinski definition) is 3. The summed E-state index contributed by atoms with van der Waals surface area (Å²) in [5.74, 6) is 1.04. The highest BCUT2D eigenvalue weighted by molar-refractivity contribution is 5.94. The smallest absolute Gasteiger partial charge is 0.274 e. The molecule has 0 spiro atoms. The molecule has 5 nitrogen and oxygen atoms in total. The highest BCUT2D eigenvalue weighted by Crippen LogP contribution is 2.27. The van der Waals surface area contributed by atoms with Gasteiger partial charge in [0, 0.05) is 42.2 Å². The summed E-state index contributed by atoms with van der Waals surface area (Å²) in [5.41, 5.74) is 3.34. The number of carbonyl (C=O) groups excluding carboxylic acids is 1. The van der Waals surface area contributed by atoms with Gasteiger partial charge in [-0.3, -0.25) is 9.78 Å². The van der Waals surface area contributed by atoms with Gasteiger partial charge < -0.3 is 9.88 Å². The molecule has 0 bridgehead atoms. The van der Waals surface area contributed by atoms with Crippen molar-refractivity contribution in [2.24, 2.45) is 0 Å². The lowest BCUT2D eigenvalue weighted by Gasteiger charge is -2.38. The highest BCUT2D eigenvalue weighted by Gasteiger charge is 2.34. The zero-order chi connectivity index (χ0) is 16.5. The summed E-state index contributed by atoms with van der Waals surface area (Å²) in [4.78, 5) is 26.6. The summed E-state index contributed by atoms with van der Waals surface area (Å²) in [6.07, 6.45) is 1.80. The Morgan fingerprint density at radius 2 is 1.88 bits per heavy atom. The number of H-pyrrole nitrogens is 1. The highest BCUT2D eigenvalue weighted by atomic mass is 16.2. The summed E-state index contributed by atoms with van der Waals surface area (Å²) >= 11 is 0. The third kappa shape index (κ3) is 2.58. The molecule has 1 amide bonds. The summed E-state index contributed by atoms with van der Waals surface area (Å²) in [6, 6.07) is 15.7. The minimum Gasteiger partial charge on any atom is -0.341 e. The number of pyridine rings is 1. The van der Waals surface area contributed by atoms with Crippen molar-refractivity contribution in [1.29, 1.82) is 0 Å². The van der Waals surface area contributed by atoms with Crippen molar-refractivity contribution in [2.45, 2.75) is 12.8 Å².